The van der Waals surface area contributed by atoms with Crippen molar-refractivity contribution in [1.82, 2.24) is 0 Å². The van der Waals surface area contributed by atoms with Crippen LogP contribution < -0.4 is 0 Å². The maximum atomic E-state index is 11.1. The van der Waals surface area contributed by atoms with Gasteiger partial charge in [-0.3, -0.25) is 0 Å². The van der Waals surface area contributed by atoms with E-state index in [1.165, 1.54) is 59.1 Å². The number of hydrogen-bond donors (Lipinski definition) is 2. The van der Waals surface area contributed by atoms with E-state index in [1.807, 2.05) is 24.3 Å². The summed E-state index contributed by atoms with van der Waals surface area (Å²) in [6.07, 6.45) is 4.75. The van der Waals surface area contributed by atoms with Gasteiger partial charge in [0.15, 0.2) is 0 Å². The molecule has 4 heteroatoms. The Hall–Kier alpha value is -4.70. The standard InChI is InChI=1S/2C24H28O2/c2*1-15-13-20-21(24(5,6)12-11-23(20,3)4)14-19(15)16(2)17-7-9-18(10-8-17)22(25)26/h2*7-10,13-14H,2,11-12H2,1,3-6H3,(H,25,26). The normalized spacial score (nSPS) is 17.4. The molecule has 0 fully saturated rings. The quantitative estimate of drug-likeness (QED) is 0.210. The van der Waals surface area contributed by atoms with Crippen LogP contribution in [0.25, 0.3) is 11.1 Å². The molecule has 0 aliphatic heterocycles. The largest absolute Gasteiger partial charge is 0.478 e. The van der Waals surface area contributed by atoms with Crippen LogP contribution in [0.15, 0.2) is 86.0 Å². The Morgan fingerprint density at radius 3 is 0.942 bits per heavy atom. The highest BCUT2D eigenvalue weighted by Gasteiger charge is 2.39. The van der Waals surface area contributed by atoms with E-state index in [-0.39, 0.29) is 21.7 Å². The van der Waals surface area contributed by atoms with Crippen LogP contribution in [0.4, 0.5) is 0 Å². The van der Waals surface area contributed by atoms with Crippen molar-refractivity contribution in [3.8, 4) is 0 Å². The van der Waals surface area contributed by atoms with Crippen LogP contribution >= 0.6 is 0 Å². The first-order valence-corrected chi connectivity index (χ1v) is 18.4. The molecule has 0 heterocycles. The molecule has 2 aliphatic carbocycles. The maximum absolute atomic E-state index is 11.1. The van der Waals surface area contributed by atoms with Crippen LogP contribution in [0.1, 0.15) is 157 Å². The fourth-order valence-corrected chi connectivity index (χ4v) is 8.03. The molecule has 0 atom stereocenters. The SMILES string of the molecule is C=C(c1ccc(C(=O)O)cc1)c1cc2c(cc1C)C(C)(C)CCC2(C)C.C=C(c1ccc(C(=O)O)cc1)c1cc2c(cc1C)C(C)(C)CCC2(C)C. The summed E-state index contributed by atoms with van der Waals surface area (Å²) in [7, 11) is 0. The Bertz CT molecular complexity index is 1920. The first-order valence-electron chi connectivity index (χ1n) is 18.4. The average molecular weight is 697 g/mol. The van der Waals surface area contributed by atoms with Gasteiger partial charge in [0.2, 0.25) is 0 Å². The highest BCUT2D eigenvalue weighted by Crippen LogP contribution is 2.49. The number of fused-ring (bicyclic) bond motifs is 2. The van der Waals surface area contributed by atoms with Gasteiger partial charge in [-0.15, -0.1) is 0 Å². The monoisotopic (exact) mass is 696 g/mol. The third kappa shape index (κ3) is 7.44. The third-order valence-corrected chi connectivity index (χ3v) is 12.0. The van der Waals surface area contributed by atoms with Gasteiger partial charge in [-0.2, -0.15) is 0 Å². The van der Waals surface area contributed by atoms with Crippen LogP contribution in [0.5, 0.6) is 0 Å². The molecular weight excluding hydrogens is 641 g/mol. The van der Waals surface area contributed by atoms with Gasteiger partial charge < -0.3 is 10.2 Å². The van der Waals surface area contributed by atoms with E-state index in [4.69, 9.17) is 10.2 Å². The highest BCUT2D eigenvalue weighted by molar-refractivity contribution is 5.90. The summed E-state index contributed by atoms with van der Waals surface area (Å²) < 4.78 is 0. The Labute approximate surface area is 311 Å². The first-order chi connectivity index (χ1) is 24.1. The van der Waals surface area contributed by atoms with Crippen LogP contribution in [0.2, 0.25) is 0 Å². The third-order valence-electron chi connectivity index (χ3n) is 12.0. The lowest BCUT2D eigenvalue weighted by Gasteiger charge is -2.42. The van der Waals surface area contributed by atoms with Crippen molar-refractivity contribution in [2.75, 3.05) is 0 Å². The molecule has 2 N–H and O–H groups in total. The first kappa shape index (κ1) is 38.5. The van der Waals surface area contributed by atoms with Crippen molar-refractivity contribution >= 4 is 23.1 Å². The van der Waals surface area contributed by atoms with Gasteiger partial charge in [0.05, 0.1) is 11.1 Å². The second-order valence-electron chi connectivity index (χ2n) is 17.7. The summed E-state index contributed by atoms with van der Waals surface area (Å²) in [6, 6.07) is 23.3. The van der Waals surface area contributed by atoms with Gasteiger partial charge in [-0.1, -0.05) is 117 Å². The fourth-order valence-electron chi connectivity index (χ4n) is 8.03. The number of carbonyl (C=O) groups is 2. The van der Waals surface area contributed by atoms with E-state index in [0.29, 0.717) is 11.1 Å². The summed E-state index contributed by atoms with van der Waals surface area (Å²) in [5, 5.41) is 18.2. The minimum atomic E-state index is -0.906. The molecule has 4 nitrogen and oxygen atoms in total. The Balaban J connectivity index is 0.000000201. The van der Waals surface area contributed by atoms with Crippen LogP contribution in [0, 0.1) is 13.8 Å². The van der Waals surface area contributed by atoms with Gasteiger partial charge in [0.25, 0.3) is 0 Å². The second-order valence-corrected chi connectivity index (χ2v) is 17.7. The molecule has 6 rings (SSSR count). The van der Waals surface area contributed by atoms with Crippen molar-refractivity contribution in [3.63, 3.8) is 0 Å². The van der Waals surface area contributed by atoms with Crippen molar-refractivity contribution in [2.24, 2.45) is 0 Å². The van der Waals surface area contributed by atoms with E-state index in [9.17, 15) is 9.59 Å². The molecule has 0 unspecified atom stereocenters. The van der Waals surface area contributed by atoms with Crippen LogP contribution in [0.3, 0.4) is 0 Å². The Morgan fingerprint density at radius 1 is 0.462 bits per heavy atom. The van der Waals surface area contributed by atoms with Crippen molar-refractivity contribution < 1.29 is 19.8 Å². The summed E-state index contributed by atoms with van der Waals surface area (Å²) >= 11 is 0. The number of benzene rings is 4. The molecule has 0 saturated heterocycles. The lowest BCUT2D eigenvalue weighted by atomic mass is 9.62. The summed E-state index contributed by atoms with van der Waals surface area (Å²) in [5.41, 5.74) is 15.6. The molecule has 0 spiro atoms. The van der Waals surface area contributed by atoms with Crippen LogP contribution in [-0.4, -0.2) is 22.2 Å². The summed E-state index contributed by atoms with van der Waals surface area (Å²) in [5.74, 6) is -1.81. The lowest BCUT2D eigenvalue weighted by Crippen LogP contribution is -2.34. The highest BCUT2D eigenvalue weighted by atomic mass is 16.4. The van der Waals surface area contributed by atoms with Crippen molar-refractivity contribution in [1.29, 1.82) is 0 Å². The molecule has 0 amide bonds. The van der Waals surface area contributed by atoms with Gasteiger partial charge in [-0.25, -0.2) is 9.59 Å². The predicted molar refractivity (Wildman–Crippen MR) is 216 cm³/mol. The maximum Gasteiger partial charge on any atom is 0.335 e. The van der Waals surface area contributed by atoms with E-state index in [0.717, 1.165) is 33.4 Å². The number of rotatable bonds is 6. The Morgan fingerprint density at radius 2 is 0.692 bits per heavy atom. The van der Waals surface area contributed by atoms with E-state index in [1.54, 1.807) is 24.3 Å². The minimum Gasteiger partial charge on any atom is -0.478 e. The molecule has 52 heavy (non-hydrogen) atoms. The van der Waals surface area contributed by atoms with E-state index in [2.05, 4.69) is 107 Å². The molecule has 0 radical (unpaired) electrons. The fraction of sp³-hybridized carbons (Fsp3) is 0.375. The van der Waals surface area contributed by atoms with Crippen LogP contribution in [-0.2, 0) is 21.7 Å². The molecule has 0 bridgehead atoms. The average Bonchev–Trinajstić information content (AvgIpc) is 3.08. The molecule has 0 aromatic heterocycles. The topological polar surface area (TPSA) is 74.6 Å². The molecule has 4 aromatic carbocycles. The van der Waals surface area contributed by atoms with E-state index >= 15 is 0 Å². The number of carboxylic acid groups (broad SMARTS) is 2. The molecule has 2 aliphatic rings. The zero-order valence-corrected chi connectivity index (χ0v) is 32.9. The number of hydrogen-bond acceptors (Lipinski definition) is 2. The molecular formula is C48H56O4. The number of aryl methyl sites for hydroxylation is 2. The molecule has 4 aromatic rings. The summed E-state index contributed by atoms with van der Waals surface area (Å²) in [6.45, 7) is 31.5. The van der Waals surface area contributed by atoms with Gasteiger partial charge in [0.1, 0.15) is 0 Å². The van der Waals surface area contributed by atoms with Crippen molar-refractivity contribution in [3.05, 3.63) is 153 Å². The zero-order chi connectivity index (χ0) is 38.6. The molecule has 272 valence electrons. The zero-order valence-electron chi connectivity index (χ0n) is 32.9. The van der Waals surface area contributed by atoms with Gasteiger partial charge in [-0.05, 0) is 152 Å². The van der Waals surface area contributed by atoms with Crippen molar-refractivity contribution in [2.45, 2.75) is 117 Å². The van der Waals surface area contributed by atoms with E-state index < -0.39 is 11.9 Å². The predicted octanol–water partition coefficient (Wildman–Crippen LogP) is 12.2. The Kier molecular flexibility index (Phi) is 10.1. The van der Waals surface area contributed by atoms with Gasteiger partial charge >= 0.3 is 11.9 Å². The smallest absolute Gasteiger partial charge is 0.335 e. The summed E-state index contributed by atoms with van der Waals surface area (Å²) in [4.78, 5) is 22.2. The van der Waals surface area contributed by atoms with Gasteiger partial charge in [0, 0.05) is 0 Å². The number of carboxylic acids is 2. The molecule has 0 saturated carbocycles. The number of aromatic carboxylic acids is 2. The minimum absolute atomic E-state index is 0.154. The second kappa shape index (κ2) is 13.7. The lowest BCUT2D eigenvalue weighted by molar-refractivity contribution is 0.0686.